The molecular formula is C10H13N3S. The van der Waals surface area contributed by atoms with Gasteiger partial charge in [-0.1, -0.05) is 11.3 Å². The van der Waals surface area contributed by atoms with Crippen LogP contribution in [0, 0.1) is 0 Å². The van der Waals surface area contributed by atoms with Gasteiger partial charge in [-0.05, 0) is 18.2 Å². The molecule has 0 aliphatic carbocycles. The van der Waals surface area contributed by atoms with Crippen molar-refractivity contribution in [1.82, 2.24) is 4.98 Å². The molecule has 1 N–H and O–H groups in total. The first kappa shape index (κ1) is 9.27. The van der Waals surface area contributed by atoms with Crippen LogP contribution in [0.5, 0.6) is 0 Å². The third kappa shape index (κ3) is 1.53. The Bertz CT molecular complexity index is 448. The molecule has 0 aliphatic heterocycles. The van der Waals surface area contributed by atoms with Crippen LogP contribution in [0.15, 0.2) is 18.2 Å². The number of thiazole rings is 1. The summed E-state index contributed by atoms with van der Waals surface area (Å²) in [6, 6.07) is 6.33. The first-order valence-corrected chi connectivity index (χ1v) is 5.28. The lowest BCUT2D eigenvalue weighted by atomic mass is 10.3. The van der Waals surface area contributed by atoms with Crippen molar-refractivity contribution in [2.24, 2.45) is 0 Å². The van der Waals surface area contributed by atoms with E-state index in [-0.39, 0.29) is 0 Å². The van der Waals surface area contributed by atoms with Crippen LogP contribution >= 0.6 is 11.3 Å². The van der Waals surface area contributed by atoms with Crippen LogP contribution in [-0.4, -0.2) is 26.1 Å². The molecule has 0 saturated heterocycles. The van der Waals surface area contributed by atoms with Crippen molar-refractivity contribution in [1.29, 1.82) is 0 Å². The van der Waals surface area contributed by atoms with E-state index < -0.39 is 0 Å². The number of rotatable bonds is 2. The molecule has 0 saturated carbocycles. The highest BCUT2D eigenvalue weighted by Gasteiger charge is 2.03. The van der Waals surface area contributed by atoms with Crippen LogP contribution in [0.25, 0.3) is 10.2 Å². The quantitative estimate of drug-likeness (QED) is 0.819. The van der Waals surface area contributed by atoms with E-state index in [0.29, 0.717) is 0 Å². The van der Waals surface area contributed by atoms with Gasteiger partial charge in [-0.25, -0.2) is 4.98 Å². The highest BCUT2D eigenvalue weighted by Crippen LogP contribution is 2.28. The first-order chi connectivity index (χ1) is 6.70. The molecule has 1 aromatic heterocycles. The first-order valence-electron chi connectivity index (χ1n) is 4.46. The Labute approximate surface area is 87.4 Å². The fourth-order valence-corrected chi connectivity index (χ4v) is 2.10. The molecule has 0 atom stereocenters. The smallest absolute Gasteiger partial charge is 0.183 e. The second kappa shape index (κ2) is 3.46. The molecule has 14 heavy (non-hydrogen) atoms. The summed E-state index contributed by atoms with van der Waals surface area (Å²) >= 11 is 1.68. The van der Waals surface area contributed by atoms with E-state index >= 15 is 0 Å². The minimum atomic E-state index is 0.968. The lowest BCUT2D eigenvalue weighted by molar-refractivity contribution is 1.13. The maximum Gasteiger partial charge on any atom is 0.183 e. The van der Waals surface area contributed by atoms with E-state index in [9.17, 15) is 0 Å². The molecule has 1 heterocycles. The van der Waals surface area contributed by atoms with E-state index in [2.05, 4.69) is 33.4 Å². The number of nitrogens with zero attached hydrogens (tertiary/aromatic N) is 2. The van der Waals surface area contributed by atoms with Crippen LogP contribution in [0.3, 0.4) is 0 Å². The van der Waals surface area contributed by atoms with E-state index in [4.69, 9.17) is 0 Å². The van der Waals surface area contributed by atoms with Crippen LogP contribution in [-0.2, 0) is 0 Å². The topological polar surface area (TPSA) is 28.2 Å². The molecule has 4 heteroatoms. The molecule has 0 fully saturated rings. The number of benzene rings is 1. The molecule has 3 nitrogen and oxygen atoms in total. The lowest BCUT2D eigenvalue weighted by Gasteiger charge is -2.11. The molecule has 0 bridgehead atoms. The number of anilines is 2. The minimum absolute atomic E-state index is 0.968. The Morgan fingerprint density at radius 3 is 2.79 bits per heavy atom. The maximum absolute atomic E-state index is 4.46. The van der Waals surface area contributed by atoms with Gasteiger partial charge in [0.1, 0.15) is 0 Å². The standard InChI is InChI=1S/C10H13N3S/c1-11-10-12-8-6-7(13(2)3)4-5-9(8)14-10/h4-6H,1-3H3,(H,11,12). The maximum atomic E-state index is 4.46. The van der Waals surface area contributed by atoms with Gasteiger partial charge < -0.3 is 10.2 Å². The Morgan fingerprint density at radius 1 is 1.36 bits per heavy atom. The molecule has 1 aromatic carbocycles. The molecule has 0 amide bonds. The normalized spacial score (nSPS) is 10.5. The minimum Gasteiger partial charge on any atom is -0.378 e. The molecule has 2 aromatic rings. The van der Waals surface area contributed by atoms with Crippen molar-refractivity contribution in [2.45, 2.75) is 0 Å². The van der Waals surface area contributed by atoms with Crippen molar-refractivity contribution in [3.8, 4) is 0 Å². The summed E-state index contributed by atoms with van der Waals surface area (Å²) in [5.41, 5.74) is 2.25. The SMILES string of the molecule is CNc1nc2cc(N(C)C)ccc2s1. The van der Waals surface area contributed by atoms with Gasteiger partial charge in [0.15, 0.2) is 5.13 Å². The summed E-state index contributed by atoms with van der Waals surface area (Å²) in [6.45, 7) is 0. The van der Waals surface area contributed by atoms with Gasteiger partial charge in [0.05, 0.1) is 10.2 Å². The predicted octanol–water partition coefficient (Wildman–Crippen LogP) is 2.40. The van der Waals surface area contributed by atoms with E-state index in [1.807, 2.05) is 21.1 Å². The summed E-state index contributed by atoms with van der Waals surface area (Å²) in [5.74, 6) is 0. The third-order valence-electron chi connectivity index (χ3n) is 2.10. The lowest BCUT2D eigenvalue weighted by Crippen LogP contribution is -2.07. The van der Waals surface area contributed by atoms with E-state index in [1.54, 1.807) is 11.3 Å². The highest BCUT2D eigenvalue weighted by atomic mass is 32.1. The number of fused-ring (bicyclic) bond motifs is 1. The van der Waals surface area contributed by atoms with Crippen LogP contribution in [0.4, 0.5) is 10.8 Å². The van der Waals surface area contributed by atoms with E-state index in [1.165, 1.54) is 10.4 Å². The summed E-state index contributed by atoms with van der Waals surface area (Å²) in [4.78, 5) is 6.54. The van der Waals surface area contributed by atoms with Crippen molar-refractivity contribution >= 4 is 32.4 Å². The second-order valence-electron chi connectivity index (χ2n) is 3.32. The predicted molar refractivity (Wildman–Crippen MR) is 63.5 cm³/mol. The molecule has 2 rings (SSSR count). The van der Waals surface area contributed by atoms with E-state index in [0.717, 1.165) is 10.6 Å². The molecular weight excluding hydrogens is 194 g/mol. The molecule has 0 unspecified atom stereocenters. The third-order valence-corrected chi connectivity index (χ3v) is 3.16. The zero-order valence-corrected chi connectivity index (χ0v) is 9.35. The summed E-state index contributed by atoms with van der Waals surface area (Å²) in [5, 5.41) is 4.03. The number of nitrogens with one attached hydrogen (secondary N) is 1. The van der Waals surface area contributed by atoms with Crippen molar-refractivity contribution in [3.63, 3.8) is 0 Å². The fraction of sp³-hybridized carbons (Fsp3) is 0.300. The summed E-state index contributed by atoms with van der Waals surface area (Å²) in [6.07, 6.45) is 0. The van der Waals surface area contributed by atoms with Crippen LogP contribution in [0.1, 0.15) is 0 Å². The van der Waals surface area contributed by atoms with Gasteiger partial charge in [0.25, 0.3) is 0 Å². The van der Waals surface area contributed by atoms with Crippen molar-refractivity contribution in [2.75, 3.05) is 31.4 Å². The number of hydrogen-bond acceptors (Lipinski definition) is 4. The fourth-order valence-electron chi connectivity index (χ4n) is 1.30. The molecule has 0 spiro atoms. The van der Waals surface area contributed by atoms with Crippen molar-refractivity contribution < 1.29 is 0 Å². The van der Waals surface area contributed by atoms with Gasteiger partial charge in [-0.3, -0.25) is 0 Å². The van der Waals surface area contributed by atoms with Crippen molar-refractivity contribution in [3.05, 3.63) is 18.2 Å². The zero-order chi connectivity index (χ0) is 10.1. The largest absolute Gasteiger partial charge is 0.378 e. The number of hydrogen-bond donors (Lipinski definition) is 1. The van der Waals surface area contributed by atoms with Crippen LogP contribution in [0.2, 0.25) is 0 Å². The van der Waals surface area contributed by atoms with Gasteiger partial charge in [0, 0.05) is 26.8 Å². The Balaban J connectivity index is 2.54. The number of aromatic nitrogens is 1. The van der Waals surface area contributed by atoms with Gasteiger partial charge in [0.2, 0.25) is 0 Å². The van der Waals surface area contributed by atoms with Gasteiger partial charge in [-0.2, -0.15) is 0 Å². The second-order valence-corrected chi connectivity index (χ2v) is 4.35. The Morgan fingerprint density at radius 2 is 2.14 bits per heavy atom. The van der Waals surface area contributed by atoms with Gasteiger partial charge in [-0.15, -0.1) is 0 Å². The zero-order valence-electron chi connectivity index (χ0n) is 8.53. The Hall–Kier alpha value is -1.29. The molecule has 0 aliphatic rings. The average Bonchev–Trinajstić information content (AvgIpc) is 2.58. The molecule has 0 radical (unpaired) electrons. The average molecular weight is 207 g/mol. The van der Waals surface area contributed by atoms with Crippen LogP contribution < -0.4 is 10.2 Å². The van der Waals surface area contributed by atoms with Gasteiger partial charge >= 0.3 is 0 Å². The monoisotopic (exact) mass is 207 g/mol. The summed E-state index contributed by atoms with van der Waals surface area (Å²) < 4.78 is 1.22. The summed E-state index contributed by atoms with van der Waals surface area (Å²) in [7, 11) is 5.96. The highest BCUT2D eigenvalue weighted by molar-refractivity contribution is 7.22. The Kier molecular flexibility index (Phi) is 2.29. The molecule has 74 valence electrons.